The lowest BCUT2D eigenvalue weighted by Crippen LogP contribution is -2.39. The lowest BCUT2D eigenvalue weighted by Gasteiger charge is -2.13. The summed E-state index contributed by atoms with van der Waals surface area (Å²) >= 11 is 0. The fraction of sp³-hybridized carbons (Fsp3) is 0. The average molecular weight is 407 g/mol. The largest absolute Gasteiger partial charge is 0.269 e. The molecule has 0 N–H and O–H groups in total. The van der Waals surface area contributed by atoms with E-state index in [4.69, 9.17) is 0 Å². The third kappa shape index (κ3) is 6.61. The highest BCUT2D eigenvalue weighted by Gasteiger charge is 2.23. The Morgan fingerprint density at radius 3 is 0.968 bits per heavy atom. The summed E-state index contributed by atoms with van der Waals surface area (Å²) in [5.41, 5.74) is 2.36. The van der Waals surface area contributed by atoms with Gasteiger partial charge < -0.3 is 0 Å². The van der Waals surface area contributed by atoms with Gasteiger partial charge >= 0.3 is 0 Å². The number of carbonyl (C=O) groups is 3. The Bertz CT molecular complexity index is 969. The summed E-state index contributed by atoms with van der Waals surface area (Å²) in [5.74, 6) is -2.14. The van der Waals surface area contributed by atoms with Crippen LogP contribution in [0, 0.1) is 0 Å². The van der Waals surface area contributed by atoms with Crippen molar-refractivity contribution in [3.63, 3.8) is 0 Å². The molecule has 152 valence electrons. The van der Waals surface area contributed by atoms with Gasteiger partial charge in [0.1, 0.15) is 0 Å². The maximum absolute atomic E-state index is 12.8. The molecule has 0 saturated heterocycles. The van der Waals surface area contributed by atoms with E-state index >= 15 is 0 Å². The summed E-state index contributed by atoms with van der Waals surface area (Å²) in [6.45, 7) is 0. The molecule has 0 heterocycles. The fourth-order valence-electron chi connectivity index (χ4n) is 2.74. The van der Waals surface area contributed by atoms with Crippen molar-refractivity contribution in [3.05, 3.63) is 126 Å². The van der Waals surface area contributed by atoms with Crippen molar-refractivity contribution < 1.29 is 14.4 Å². The van der Waals surface area contributed by atoms with Crippen LogP contribution >= 0.6 is 0 Å². The van der Waals surface area contributed by atoms with Gasteiger partial charge in [0.15, 0.2) is 0 Å². The molecule has 0 aliphatic carbocycles. The molecule has 3 aromatic carbocycles. The van der Waals surface area contributed by atoms with E-state index in [1.807, 2.05) is 91.0 Å². The van der Waals surface area contributed by atoms with Crippen molar-refractivity contribution in [2.75, 3.05) is 0 Å². The van der Waals surface area contributed by atoms with Crippen molar-refractivity contribution in [2.24, 2.45) is 0 Å². The molecule has 0 aliphatic rings. The van der Waals surface area contributed by atoms with Gasteiger partial charge in [-0.2, -0.15) is 0 Å². The quantitative estimate of drug-likeness (QED) is 0.540. The Labute approximate surface area is 181 Å². The first-order valence-corrected chi connectivity index (χ1v) is 9.75. The number of imide groups is 3. The molecule has 31 heavy (non-hydrogen) atoms. The van der Waals surface area contributed by atoms with Crippen molar-refractivity contribution in [1.82, 2.24) is 4.90 Å². The van der Waals surface area contributed by atoms with Gasteiger partial charge in [-0.1, -0.05) is 91.0 Å². The van der Waals surface area contributed by atoms with Gasteiger partial charge in [-0.15, -0.1) is 0 Å². The molecule has 0 saturated carbocycles. The van der Waals surface area contributed by atoms with Crippen LogP contribution in [0.3, 0.4) is 0 Å². The first-order valence-electron chi connectivity index (χ1n) is 9.75. The second-order valence-electron chi connectivity index (χ2n) is 6.58. The molecule has 0 fully saturated rings. The molecule has 0 radical (unpaired) electrons. The summed E-state index contributed by atoms with van der Waals surface area (Å²) in [6.07, 6.45) is 8.36. The normalized spacial score (nSPS) is 11.2. The maximum atomic E-state index is 12.8. The van der Waals surface area contributed by atoms with Gasteiger partial charge in [-0.25, -0.2) is 4.90 Å². The number of hydrogen-bond acceptors (Lipinski definition) is 3. The lowest BCUT2D eigenvalue weighted by molar-refractivity contribution is -0.147. The number of carbonyl (C=O) groups excluding carboxylic acids is 3. The van der Waals surface area contributed by atoms with Crippen LogP contribution in [0.1, 0.15) is 16.7 Å². The van der Waals surface area contributed by atoms with E-state index in [-0.39, 0.29) is 0 Å². The van der Waals surface area contributed by atoms with E-state index in [1.165, 1.54) is 18.2 Å². The Morgan fingerprint density at radius 2 is 0.710 bits per heavy atom. The minimum Gasteiger partial charge on any atom is -0.269 e. The Morgan fingerprint density at radius 1 is 0.452 bits per heavy atom. The second-order valence-corrected chi connectivity index (χ2v) is 6.58. The smallest absolute Gasteiger partial charge is 0.260 e. The van der Waals surface area contributed by atoms with Crippen LogP contribution in [0.2, 0.25) is 0 Å². The summed E-state index contributed by atoms with van der Waals surface area (Å²) in [6, 6.07) is 27.5. The van der Waals surface area contributed by atoms with Crippen LogP contribution in [0.15, 0.2) is 109 Å². The van der Waals surface area contributed by atoms with Crippen molar-refractivity contribution in [1.29, 1.82) is 0 Å². The number of rotatable bonds is 6. The molecule has 4 heteroatoms. The van der Waals surface area contributed by atoms with Crippen LogP contribution in [-0.4, -0.2) is 22.6 Å². The minimum atomic E-state index is -0.714. The molecule has 4 nitrogen and oxygen atoms in total. The van der Waals surface area contributed by atoms with Gasteiger partial charge in [0, 0.05) is 18.2 Å². The number of benzene rings is 3. The van der Waals surface area contributed by atoms with Crippen molar-refractivity contribution in [3.8, 4) is 0 Å². The van der Waals surface area contributed by atoms with E-state index in [9.17, 15) is 14.4 Å². The van der Waals surface area contributed by atoms with Crippen molar-refractivity contribution in [2.45, 2.75) is 0 Å². The van der Waals surface area contributed by atoms with E-state index in [0.29, 0.717) is 4.90 Å². The molecular formula is C27H21NO3. The first-order chi connectivity index (χ1) is 15.1. The van der Waals surface area contributed by atoms with Crippen LogP contribution in [0.25, 0.3) is 18.2 Å². The summed E-state index contributed by atoms with van der Waals surface area (Å²) in [5, 5.41) is 0. The fourth-order valence-corrected chi connectivity index (χ4v) is 2.74. The molecule has 0 aromatic heterocycles. The molecule has 3 amide bonds. The molecule has 3 aromatic rings. The van der Waals surface area contributed by atoms with E-state index in [0.717, 1.165) is 16.7 Å². The van der Waals surface area contributed by atoms with Crippen LogP contribution in [-0.2, 0) is 14.4 Å². The zero-order chi connectivity index (χ0) is 21.9. The predicted octanol–water partition coefficient (Wildman–Crippen LogP) is 5.01. The molecule has 0 atom stereocenters. The summed E-state index contributed by atoms with van der Waals surface area (Å²) < 4.78 is 0. The molecule has 0 spiro atoms. The minimum absolute atomic E-state index is 0.623. The second kappa shape index (κ2) is 11.0. The van der Waals surface area contributed by atoms with Gasteiger partial charge in [-0.05, 0) is 34.9 Å². The third-order valence-electron chi connectivity index (χ3n) is 4.31. The van der Waals surface area contributed by atoms with Gasteiger partial charge in [0.25, 0.3) is 17.7 Å². The van der Waals surface area contributed by atoms with E-state index in [2.05, 4.69) is 0 Å². The Hall–Kier alpha value is -4.31. The van der Waals surface area contributed by atoms with Crippen LogP contribution < -0.4 is 0 Å². The molecular weight excluding hydrogens is 386 g/mol. The maximum Gasteiger partial charge on any atom is 0.260 e. The Kier molecular flexibility index (Phi) is 7.61. The molecule has 0 bridgehead atoms. The SMILES string of the molecule is O=C(C=Cc1ccccc1)N(C(=O)C=Cc1ccccc1)C(=O)/C=C/c1ccccc1. The van der Waals surface area contributed by atoms with Gasteiger partial charge in [0.05, 0.1) is 0 Å². The number of hydrogen-bond donors (Lipinski definition) is 0. The molecule has 3 rings (SSSR count). The number of nitrogens with zero attached hydrogens (tertiary/aromatic N) is 1. The highest BCUT2D eigenvalue weighted by atomic mass is 16.2. The molecule has 0 unspecified atom stereocenters. The lowest BCUT2D eigenvalue weighted by atomic mass is 10.2. The third-order valence-corrected chi connectivity index (χ3v) is 4.31. The van der Waals surface area contributed by atoms with Crippen LogP contribution in [0.5, 0.6) is 0 Å². The van der Waals surface area contributed by atoms with Gasteiger partial charge in [0.2, 0.25) is 0 Å². The highest BCUT2D eigenvalue weighted by Crippen LogP contribution is 2.08. The highest BCUT2D eigenvalue weighted by molar-refractivity contribution is 6.21. The predicted molar refractivity (Wildman–Crippen MR) is 123 cm³/mol. The summed E-state index contributed by atoms with van der Waals surface area (Å²) in [7, 11) is 0. The topological polar surface area (TPSA) is 54.5 Å². The summed E-state index contributed by atoms with van der Waals surface area (Å²) in [4.78, 5) is 38.9. The van der Waals surface area contributed by atoms with Crippen molar-refractivity contribution >= 4 is 35.9 Å². The van der Waals surface area contributed by atoms with Gasteiger partial charge in [-0.3, -0.25) is 14.4 Å². The van der Waals surface area contributed by atoms with E-state index < -0.39 is 17.7 Å². The van der Waals surface area contributed by atoms with Crippen LogP contribution in [0.4, 0.5) is 0 Å². The zero-order valence-electron chi connectivity index (χ0n) is 16.8. The average Bonchev–Trinajstić information content (AvgIpc) is 2.82. The monoisotopic (exact) mass is 407 g/mol. The first kappa shape index (κ1) is 21.4. The van der Waals surface area contributed by atoms with E-state index in [1.54, 1.807) is 18.2 Å². The number of amides is 3. The molecule has 0 aliphatic heterocycles. The Balaban J connectivity index is 1.83. The zero-order valence-corrected chi connectivity index (χ0v) is 16.8. The standard InChI is InChI=1S/C27H21NO3/c29-25(19-16-22-10-4-1-5-11-22)28(26(30)20-17-23-12-6-2-7-13-23)27(31)21-18-24-14-8-3-9-15-24/h1-21H/b19-16+,20-17?,21-18?.